The Balaban J connectivity index is 2.20. The van der Waals surface area contributed by atoms with Crippen LogP contribution in [0.5, 0.6) is 5.75 Å². The van der Waals surface area contributed by atoms with E-state index >= 15 is 0 Å². The summed E-state index contributed by atoms with van der Waals surface area (Å²) in [5.74, 6) is 0.234. The summed E-state index contributed by atoms with van der Waals surface area (Å²) in [6.07, 6.45) is 5.19. The summed E-state index contributed by atoms with van der Waals surface area (Å²) in [7, 11) is 0. The molecule has 5 nitrogen and oxygen atoms in total. The number of ether oxygens (including phenoxy) is 1. The Morgan fingerprint density at radius 2 is 2.21 bits per heavy atom. The highest BCUT2D eigenvalue weighted by Crippen LogP contribution is 2.30. The van der Waals surface area contributed by atoms with E-state index < -0.39 is 0 Å². The maximum atomic E-state index is 11.5. The molecule has 0 saturated heterocycles. The number of nitrogens with one attached hydrogen (secondary N) is 1. The molecule has 0 aromatic carbocycles. The minimum absolute atomic E-state index is 0.0960. The van der Waals surface area contributed by atoms with Gasteiger partial charge >= 0.3 is 0 Å². The summed E-state index contributed by atoms with van der Waals surface area (Å²) in [4.78, 5) is 12.5. The van der Waals surface area contributed by atoms with Crippen LogP contribution in [0.4, 0.5) is 0 Å². The maximum Gasteiger partial charge on any atom is 0.217 e. The largest absolute Gasteiger partial charge is 0.507 e. The summed E-state index contributed by atoms with van der Waals surface area (Å²) >= 11 is 1.54. The molecule has 1 aliphatic rings. The van der Waals surface area contributed by atoms with Crippen molar-refractivity contribution >= 4 is 17.2 Å². The Labute approximate surface area is 147 Å². The van der Waals surface area contributed by atoms with E-state index in [1.165, 1.54) is 18.3 Å². The van der Waals surface area contributed by atoms with E-state index in [2.05, 4.69) is 25.2 Å². The van der Waals surface area contributed by atoms with Crippen molar-refractivity contribution in [1.29, 1.82) is 0 Å². The van der Waals surface area contributed by atoms with Crippen LogP contribution in [0.1, 0.15) is 44.9 Å². The quantitative estimate of drug-likeness (QED) is 0.659. The summed E-state index contributed by atoms with van der Waals surface area (Å²) in [6, 6.07) is 1.29. The van der Waals surface area contributed by atoms with Gasteiger partial charge in [0, 0.05) is 19.4 Å². The Morgan fingerprint density at radius 1 is 1.50 bits per heavy atom. The van der Waals surface area contributed by atoms with Gasteiger partial charge in [0.05, 0.1) is 23.1 Å². The van der Waals surface area contributed by atoms with Gasteiger partial charge in [-0.05, 0) is 30.7 Å². The fraction of sp³-hybridized carbons (Fsp3) is 0.611. The molecular formula is C18H28N2O3S. The van der Waals surface area contributed by atoms with E-state index in [9.17, 15) is 9.90 Å². The second-order valence-electron chi connectivity index (χ2n) is 6.36. The number of amides is 1. The van der Waals surface area contributed by atoms with Gasteiger partial charge in [-0.1, -0.05) is 25.5 Å². The van der Waals surface area contributed by atoms with E-state index in [4.69, 9.17) is 10.5 Å². The van der Waals surface area contributed by atoms with Crippen LogP contribution in [0.25, 0.3) is 0 Å². The number of hydrogen-bond donors (Lipinski definition) is 3. The Bertz CT molecular complexity index is 581. The Morgan fingerprint density at radius 3 is 2.75 bits per heavy atom. The van der Waals surface area contributed by atoms with Crippen LogP contribution in [0.2, 0.25) is 0 Å². The van der Waals surface area contributed by atoms with E-state index in [1.807, 2.05) is 5.38 Å². The molecule has 1 aromatic rings. The fourth-order valence-electron chi connectivity index (χ4n) is 3.13. The van der Waals surface area contributed by atoms with Gasteiger partial charge in [-0.25, -0.2) is 0 Å². The molecule has 0 fully saturated rings. The lowest BCUT2D eigenvalue weighted by molar-refractivity contribution is -0.121. The van der Waals surface area contributed by atoms with Crippen LogP contribution in [-0.2, 0) is 16.0 Å². The molecule has 1 heterocycles. The molecular weight excluding hydrogens is 324 g/mol. The zero-order valence-corrected chi connectivity index (χ0v) is 15.4. The van der Waals surface area contributed by atoms with Crippen molar-refractivity contribution in [3.05, 3.63) is 28.0 Å². The first-order chi connectivity index (χ1) is 11.4. The third kappa shape index (κ3) is 4.82. The Kier molecular flexibility index (Phi) is 6.83. The molecule has 0 spiro atoms. The fourth-order valence-corrected chi connectivity index (χ4v) is 3.95. The van der Waals surface area contributed by atoms with Crippen molar-refractivity contribution < 1.29 is 14.6 Å². The van der Waals surface area contributed by atoms with Crippen LogP contribution in [0.3, 0.4) is 0 Å². The normalized spacial score (nSPS) is 24.0. The molecule has 0 radical (unpaired) electrons. The first-order valence-corrected chi connectivity index (χ1v) is 9.45. The second kappa shape index (κ2) is 8.65. The summed E-state index contributed by atoms with van der Waals surface area (Å²) in [5.41, 5.74) is 7.49. The lowest BCUT2D eigenvalue weighted by Crippen LogP contribution is -2.56. The van der Waals surface area contributed by atoms with Crippen molar-refractivity contribution in [2.45, 2.75) is 70.7 Å². The maximum absolute atomic E-state index is 11.5. The standard InChI is InChI=1S/C18H28N2O3S/c1-4-13(5-2)23-16-9-12(10-17-15(22)6-7-24-17)8-14(19)18(16)20-11(3)21/h6-7,9,13-14,16,18,22H,4-5,8,10,19H2,1-3H3,(H,20,21)/t14-,16+,18+/m0/s1. The summed E-state index contributed by atoms with van der Waals surface area (Å²) in [5, 5.41) is 14.7. The van der Waals surface area contributed by atoms with Gasteiger partial charge in [-0.3, -0.25) is 4.79 Å². The number of hydrogen-bond acceptors (Lipinski definition) is 5. The first-order valence-electron chi connectivity index (χ1n) is 8.57. The van der Waals surface area contributed by atoms with Crippen molar-refractivity contribution in [3.63, 3.8) is 0 Å². The SMILES string of the molecule is CCC(CC)O[C@@H]1C=C(Cc2sccc2O)C[C@H](N)[C@H]1NC(C)=O. The smallest absolute Gasteiger partial charge is 0.217 e. The highest BCUT2D eigenvalue weighted by Gasteiger charge is 2.33. The highest BCUT2D eigenvalue weighted by molar-refractivity contribution is 7.10. The highest BCUT2D eigenvalue weighted by atomic mass is 32.1. The van der Waals surface area contributed by atoms with Gasteiger partial charge < -0.3 is 20.9 Å². The number of aromatic hydroxyl groups is 1. The predicted octanol–water partition coefficient (Wildman–Crippen LogP) is 2.73. The molecule has 3 atom stereocenters. The molecule has 0 aliphatic heterocycles. The topological polar surface area (TPSA) is 84.6 Å². The van der Waals surface area contributed by atoms with E-state index in [-0.39, 0.29) is 30.2 Å². The zero-order valence-electron chi connectivity index (χ0n) is 14.6. The van der Waals surface area contributed by atoms with Crippen molar-refractivity contribution in [3.8, 4) is 5.75 Å². The van der Waals surface area contributed by atoms with Crippen LogP contribution in [-0.4, -0.2) is 35.3 Å². The summed E-state index contributed by atoms with van der Waals surface area (Å²) in [6.45, 7) is 5.70. The number of carbonyl (C=O) groups is 1. The molecule has 0 bridgehead atoms. The zero-order chi connectivity index (χ0) is 17.7. The molecule has 2 rings (SSSR count). The minimum atomic E-state index is -0.236. The lowest BCUT2D eigenvalue weighted by Gasteiger charge is -2.37. The first kappa shape index (κ1) is 19.0. The van der Waals surface area contributed by atoms with Gasteiger partial charge in [0.25, 0.3) is 0 Å². The molecule has 1 aromatic heterocycles. The van der Waals surface area contributed by atoms with Gasteiger partial charge in [-0.15, -0.1) is 11.3 Å². The predicted molar refractivity (Wildman–Crippen MR) is 97.2 cm³/mol. The third-order valence-corrected chi connectivity index (χ3v) is 5.36. The van der Waals surface area contributed by atoms with Gasteiger partial charge in [0.15, 0.2) is 0 Å². The van der Waals surface area contributed by atoms with Gasteiger partial charge in [0.2, 0.25) is 5.91 Å². The Hall–Kier alpha value is -1.37. The molecule has 0 unspecified atom stereocenters. The molecule has 1 aliphatic carbocycles. The van der Waals surface area contributed by atoms with Crippen LogP contribution < -0.4 is 11.1 Å². The van der Waals surface area contributed by atoms with E-state index in [1.54, 1.807) is 6.07 Å². The monoisotopic (exact) mass is 352 g/mol. The van der Waals surface area contributed by atoms with E-state index in [0.717, 1.165) is 23.3 Å². The van der Waals surface area contributed by atoms with Crippen LogP contribution in [0, 0.1) is 0 Å². The lowest BCUT2D eigenvalue weighted by atomic mass is 9.86. The summed E-state index contributed by atoms with van der Waals surface area (Å²) < 4.78 is 6.22. The number of nitrogens with two attached hydrogens (primary N) is 1. The van der Waals surface area contributed by atoms with Gasteiger partial charge in [-0.2, -0.15) is 0 Å². The minimum Gasteiger partial charge on any atom is -0.507 e. The van der Waals surface area contributed by atoms with Crippen molar-refractivity contribution in [2.75, 3.05) is 0 Å². The van der Waals surface area contributed by atoms with Crippen molar-refractivity contribution in [1.82, 2.24) is 5.32 Å². The molecule has 1 amide bonds. The van der Waals surface area contributed by atoms with Crippen LogP contribution in [0.15, 0.2) is 23.1 Å². The average Bonchev–Trinajstić information content (AvgIpc) is 2.93. The van der Waals surface area contributed by atoms with E-state index in [0.29, 0.717) is 18.6 Å². The number of rotatable bonds is 7. The van der Waals surface area contributed by atoms with Crippen LogP contribution >= 0.6 is 11.3 Å². The number of thiophene rings is 1. The molecule has 0 saturated carbocycles. The second-order valence-corrected chi connectivity index (χ2v) is 7.36. The molecule has 24 heavy (non-hydrogen) atoms. The average molecular weight is 353 g/mol. The molecule has 6 heteroatoms. The third-order valence-electron chi connectivity index (χ3n) is 4.45. The van der Waals surface area contributed by atoms with Gasteiger partial charge in [0.1, 0.15) is 5.75 Å². The molecule has 4 N–H and O–H groups in total. The van der Waals surface area contributed by atoms with Crippen molar-refractivity contribution in [2.24, 2.45) is 5.73 Å². The number of carbonyl (C=O) groups excluding carboxylic acids is 1. The molecule has 134 valence electrons.